The highest BCUT2D eigenvalue weighted by molar-refractivity contribution is 6.07. The molecule has 0 bridgehead atoms. The molecule has 0 spiro atoms. The number of ether oxygens (including phenoxy) is 2. The first kappa shape index (κ1) is 36.1. The van der Waals surface area contributed by atoms with Gasteiger partial charge in [-0.2, -0.15) is 0 Å². The van der Waals surface area contributed by atoms with E-state index in [-0.39, 0.29) is 0 Å². The number of aromatic nitrogens is 3. The molecule has 6 heteroatoms. The van der Waals surface area contributed by atoms with Gasteiger partial charge in [0.25, 0.3) is 0 Å². The summed E-state index contributed by atoms with van der Waals surface area (Å²) in [7, 11) is 0. The van der Waals surface area contributed by atoms with Crippen molar-refractivity contribution in [2.45, 2.75) is 5.41 Å². The van der Waals surface area contributed by atoms with E-state index in [9.17, 15) is 0 Å². The molecular weight excluding hydrogens is 787 g/mol. The van der Waals surface area contributed by atoms with Gasteiger partial charge in [-0.1, -0.05) is 158 Å². The Labute approximate surface area is 368 Å². The number of rotatable bonds is 6. The van der Waals surface area contributed by atoms with Crippen LogP contribution in [0.5, 0.6) is 23.0 Å². The zero-order valence-corrected chi connectivity index (χ0v) is 34.3. The van der Waals surface area contributed by atoms with Gasteiger partial charge in [-0.3, -0.25) is 0 Å². The number of benzene rings is 9. The van der Waals surface area contributed by atoms with Crippen molar-refractivity contribution in [2.75, 3.05) is 0 Å². The molecule has 0 atom stereocenters. The number of fused-ring (bicyclic) bond motifs is 8. The monoisotopic (exact) mass is 821 g/mol. The van der Waals surface area contributed by atoms with Crippen molar-refractivity contribution in [3.63, 3.8) is 0 Å². The third kappa shape index (κ3) is 5.63. The summed E-state index contributed by atoms with van der Waals surface area (Å²) in [5.41, 5.74) is 13.1. The molecule has 13 rings (SSSR count). The van der Waals surface area contributed by atoms with Gasteiger partial charge in [0.2, 0.25) is 0 Å². The summed E-state index contributed by atoms with van der Waals surface area (Å²) in [5, 5.41) is 2.01. The first-order valence-electron chi connectivity index (χ1n) is 21.4. The highest BCUT2D eigenvalue weighted by atomic mass is 16.6. The Morgan fingerprint density at radius 2 is 0.766 bits per heavy atom. The molecule has 3 heterocycles. The quantitative estimate of drug-likeness (QED) is 0.166. The predicted molar refractivity (Wildman–Crippen MR) is 253 cm³/mol. The molecule has 0 unspecified atom stereocenters. The second-order valence-corrected chi connectivity index (χ2v) is 16.3. The maximum atomic E-state index is 6.51. The Morgan fingerprint density at radius 1 is 0.312 bits per heavy atom. The lowest BCUT2D eigenvalue weighted by Crippen LogP contribution is -2.28. The molecule has 1 aliphatic carbocycles. The molecule has 0 N–H and O–H groups in total. The lowest BCUT2D eigenvalue weighted by molar-refractivity contribution is 0.359. The molecule has 9 aromatic carbocycles. The zero-order chi connectivity index (χ0) is 42.2. The second-order valence-electron chi connectivity index (χ2n) is 16.3. The predicted octanol–water partition coefficient (Wildman–Crippen LogP) is 14.7. The fourth-order valence-corrected chi connectivity index (χ4v) is 9.73. The lowest BCUT2D eigenvalue weighted by atomic mass is 9.67. The maximum absolute atomic E-state index is 6.51. The number of nitrogens with zero attached hydrogens (tertiary/aromatic N) is 3. The van der Waals surface area contributed by atoms with Crippen molar-refractivity contribution in [3.8, 4) is 79.4 Å². The molecule has 2 aliphatic rings. The van der Waals surface area contributed by atoms with Gasteiger partial charge in [0.05, 0.1) is 5.41 Å². The van der Waals surface area contributed by atoms with E-state index in [4.69, 9.17) is 28.8 Å². The van der Waals surface area contributed by atoms with Crippen LogP contribution in [0.15, 0.2) is 217 Å². The van der Waals surface area contributed by atoms with Gasteiger partial charge in [-0.25, -0.2) is 15.0 Å². The van der Waals surface area contributed by atoms with Crippen LogP contribution in [0.2, 0.25) is 0 Å². The van der Waals surface area contributed by atoms with Crippen LogP contribution in [0.3, 0.4) is 0 Å². The minimum Gasteiger partial charge on any atom is -0.456 e. The van der Waals surface area contributed by atoms with Gasteiger partial charge in [-0.05, 0) is 99.1 Å². The third-order valence-corrected chi connectivity index (χ3v) is 12.7. The summed E-state index contributed by atoms with van der Waals surface area (Å²) in [5.74, 6) is 4.66. The second kappa shape index (κ2) is 14.2. The van der Waals surface area contributed by atoms with Crippen molar-refractivity contribution in [2.24, 2.45) is 0 Å². The maximum Gasteiger partial charge on any atom is 0.170 e. The van der Waals surface area contributed by atoms with Crippen LogP contribution in [0.1, 0.15) is 22.3 Å². The van der Waals surface area contributed by atoms with Gasteiger partial charge in [-0.15, -0.1) is 0 Å². The van der Waals surface area contributed by atoms with Crippen LogP contribution >= 0.6 is 0 Å². The van der Waals surface area contributed by atoms with Crippen LogP contribution in [0, 0.1) is 0 Å². The van der Waals surface area contributed by atoms with Gasteiger partial charge in [0, 0.05) is 27.5 Å². The third-order valence-electron chi connectivity index (χ3n) is 12.7. The molecule has 0 amide bonds. The minimum atomic E-state index is -0.613. The van der Waals surface area contributed by atoms with E-state index < -0.39 is 5.41 Å². The molecule has 0 saturated heterocycles. The average molecular weight is 822 g/mol. The first-order chi connectivity index (χ1) is 31.7. The largest absolute Gasteiger partial charge is 0.456 e. The normalized spacial score (nSPS) is 13.1. The number of para-hydroxylation sites is 2. The molecule has 1 aliphatic heterocycles. The SMILES string of the molecule is c1ccc(-c2nc(-c3ccccc3)nc(-c3ccc4oc5ccc(-c6ccc(C7(c8ccc9c(c8)Oc8ccccc8O9)c8ccccc8-c8ccccc87)cc6)cc5c4c3)n2)cc1. The Kier molecular flexibility index (Phi) is 8.02. The number of hydrogen-bond acceptors (Lipinski definition) is 6. The number of hydrogen-bond donors (Lipinski definition) is 0. The first-order valence-corrected chi connectivity index (χ1v) is 21.4. The Morgan fingerprint density at radius 3 is 1.38 bits per heavy atom. The van der Waals surface area contributed by atoms with Crippen LogP contribution < -0.4 is 9.47 Å². The van der Waals surface area contributed by atoms with E-state index in [1.54, 1.807) is 0 Å². The summed E-state index contributed by atoms with van der Waals surface area (Å²) in [6.07, 6.45) is 0. The van der Waals surface area contributed by atoms with E-state index in [1.165, 1.54) is 22.3 Å². The van der Waals surface area contributed by atoms with E-state index in [2.05, 4.69) is 109 Å². The van der Waals surface area contributed by atoms with Crippen molar-refractivity contribution in [3.05, 3.63) is 235 Å². The molecule has 300 valence electrons. The van der Waals surface area contributed by atoms with E-state index >= 15 is 0 Å². The van der Waals surface area contributed by atoms with E-state index in [0.717, 1.165) is 60.9 Å². The lowest BCUT2D eigenvalue weighted by Gasteiger charge is -2.34. The Hall–Kier alpha value is -8.61. The summed E-state index contributed by atoms with van der Waals surface area (Å²) in [6, 6.07) is 73.5. The molecule has 64 heavy (non-hydrogen) atoms. The van der Waals surface area contributed by atoms with E-state index in [0.29, 0.717) is 40.5 Å². The van der Waals surface area contributed by atoms with Gasteiger partial charge in [0.1, 0.15) is 11.2 Å². The summed E-state index contributed by atoms with van der Waals surface area (Å²) in [6.45, 7) is 0. The summed E-state index contributed by atoms with van der Waals surface area (Å²) >= 11 is 0. The van der Waals surface area contributed by atoms with Crippen LogP contribution in [0.4, 0.5) is 0 Å². The van der Waals surface area contributed by atoms with Crippen molar-refractivity contribution in [1.82, 2.24) is 15.0 Å². The van der Waals surface area contributed by atoms with Crippen molar-refractivity contribution in [1.29, 1.82) is 0 Å². The van der Waals surface area contributed by atoms with Crippen LogP contribution in [-0.4, -0.2) is 15.0 Å². The molecule has 2 aromatic heterocycles. The fraction of sp³-hybridized carbons (Fsp3) is 0.0172. The summed E-state index contributed by atoms with van der Waals surface area (Å²) < 4.78 is 19.2. The van der Waals surface area contributed by atoms with Gasteiger partial charge >= 0.3 is 0 Å². The van der Waals surface area contributed by atoms with Gasteiger partial charge < -0.3 is 13.9 Å². The van der Waals surface area contributed by atoms with Gasteiger partial charge in [0.15, 0.2) is 40.5 Å². The topological polar surface area (TPSA) is 70.3 Å². The van der Waals surface area contributed by atoms with Crippen molar-refractivity contribution >= 4 is 21.9 Å². The molecule has 6 nitrogen and oxygen atoms in total. The Bertz CT molecular complexity index is 3520. The van der Waals surface area contributed by atoms with Crippen LogP contribution in [0.25, 0.3) is 78.4 Å². The molecule has 0 saturated carbocycles. The Balaban J connectivity index is 0.918. The highest BCUT2D eigenvalue weighted by Crippen LogP contribution is 2.58. The van der Waals surface area contributed by atoms with Crippen molar-refractivity contribution < 1.29 is 13.9 Å². The molecule has 0 radical (unpaired) electrons. The minimum absolute atomic E-state index is 0.600. The highest BCUT2D eigenvalue weighted by Gasteiger charge is 2.46. The van der Waals surface area contributed by atoms with Crippen LogP contribution in [-0.2, 0) is 5.41 Å². The van der Waals surface area contributed by atoms with E-state index in [1.807, 2.05) is 103 Å². The zero-order valence-electron chi connectivity index (χ0n) is 34.3. The standard InChI is InChI=1S/C58H35N3O3/c1-3-13-37(14-4-1)55-59-56(38-15-5-2-6-16-38)61-57(60-55)40-26-31-50-46(34-40)45-33-39(25-30-49(45)62-50)36-23-27-41(28-24-36)58(47-19-9-7-17-43(47)44-18-8-10-20-48(44)58)42-29-32-53-54(35-42)64-52-22-12-11-21-51(52)63-53/h1-35H. The fourth-order valence-electron chi connectivity index (χ4n) is 9.73. The molecule has 11 aromatic rings. The summed E-state index contributed by atoms with van der Waals surface area (Å²) in [4.78, 5) is 14.9. The number of furan rings is 1. The smallest absolute Gasteiger partial charge is 0.170 e. The average Bonchev–Trinajstić information content (AvgIpc) is 3.89. The molecular formula is C58H35N3O3. The molecule has 0 fully saturated rings.